The monoisotopic (exact) mass is 374 g/mol. The summed E-state index contributed by atoms with van der Waals surface area (Å²) in [7, 11) is -3.40. The van der Waals surface area contributed by atoms with Crippen LogP contribution in [0.4, 0.5) is 0 Å². The van der Waals surface area contributed by atoms with Gasteiger partial charge in [0.05, 0.1) is 4.90 Å². The van der Waals surface area contributed by atoms with Crippen LogP contribution < -0.4 is 5.32 Å². The summed E-state index contributed by atoms with van der Waals surface area (Å²) in [6.45, 7) is 3.33. The zero-order valence-corrected chi connectivity index (χ0v) is 15.5. The standard InChI is InChI=1S/C19H22N2O4S/c1-15-4-7-17(25-15)8-11-19(22)20-14-16-5-9-18(10-6-16)26(23,24)21-12-2-3-13-21/h4-11H,2-3,12-14H2,1H3,(H,20,22)/b11-8+. The molecule has 6 nitrogen and oxygen atoms in total. The highest BCUT2D eigenvalue weighted by Crippen LogP contribution is 2.21. The van der Waals surface area contributed by atoms with Crippen molar-refractivity contribution in [2.45, 2.75) is 31.2 Å². The Morgan fingerprint density at radius 3 is 2.46 bits per heavy atom. The van der Waals surface area contributed by atoms with Gasteiger partial charge in [-0.25, -0.2) is 8.42 Å². The van der Waals surface area contributed by atoms with Gasteiger partial charge in [-0.3, -0.25) is 4.79 Å². The lowest BCUT2D eigenvalue weighted by atomic mass is 10.2. The smallest absolute Gasteiger partial charge is 0.244 e. The van der Waals surface area contributed by atoms with Gasteiger partial charge in [-0.1, -0.05) is 12.1 Å². The highest BCUT2D eigenvalue weighted by atomic mass is 32.2. The minimum Gasteiger partial charge on any atom is -0.462 e. The summed E-state index contributed by atoms with van der Waals surface area (Å²) in [4.78, 5) is 12.1. The summed E-state index contributed by atoms with van der Waals surface area (Å²) in [6, 6.07) is 10.3. The number of rotatable bonds is 6. The Morgan fingerprint density at radius 2 is 1.85 bits per heavy atom. The first-order valence-electron chi connectivity index (χ1n) is 8.56. The van der Waals surface area contributed by atoms with E-state index in [2.05, 4.69) is 5.32 Å². The van der Waals surface area contributed by atoms with Crippen LogP contribution in [-0.2, 0) is 21.4 Å². The predicted molar refractivity (Wildman–Crippen MR) is 98.8 cm³/mol. The molecular formula is C19H22N2O4S. The van der Waals surface area contributed by atoms with E-state index in [1.54, 1.807) is 36.4 Å². The summed E-state index contributed by atoms with van der Waals surface area (Å²) < 4.78 is 31.8. The molecule has 1 N–H and O–H groups in total. The summed E-state index contributed by atoms with van der Waals surface area (Å²) in [5.74, 6) is 1.16. The zero-order chi connectivity index (χ0) is 18.6. The average molecular weight is 374 g/mol. The van der Waals surface area contributed by atoms with Gasteiger partial charge in [-0.15, -0.1) is 0 Å². The number of nitrogens with zero attached hydrogens (tertiary/aromatic N) is 1. The van der Waals surface area contributed by atoms with Crippen molar-refractivity contribution in [1.82, 2.24) is 9.62 Å². The first-order chi connectivity index (χ1) is 12.4. The molecule has 7 heteroatoms. The predicted octanol–water partition coefficient (Wildman–Crippen LogP) is 2.70. The molecule has 0 radical (unpaired) electrons. The average Bonchev–Trinajstić information content (AvgIpc) is 3.30. The first-order valence-corrected chi connectivity index (χ1v) is 10.0. The van der Waals surface area contributed by atoms with Gasteiger partial charge >= 0.3 is 0 Å². The third-order valence-electron chi connectivity index (χ3n) is 4.25. The van der Waals surface area contributed by atoms with Crippen molar-refractivity contribution in [1.29, 1.82) is 0 Å². The minimum absolute atomic E-state index is 0.243. The Morgan fingerprint density at radius 1 is 1.15 bits per heavy atom. The lowest BCUT2D eigenvalue weighted by Crippen LogP contribution is -2.27. The number of carbonyl (C=O) groups is 1. The lowest BCUT2D eigenvalue weighted by molar-refractivity contribution is -0.116. The number of hydrogen-bond acceptors (Lipinski definition) is 4. The van der Waals surface area contributed by atoms with Crippen LogP contribution in [0.15, 0.2) is 51.8 Å². The van der Waals surface area contributed by atoms with Gasteiger partial charge in [-0.05, 0) is 55.7 Å². The SMILES string of the molecule is Cc1ccc(/C=C/C(=O)NCc2ccc(S(=O)(=O)N3CCCC3)cc2)o1. The summed E-state index contributed by atoms with van der Waals surface area (Å²) >= 11 is 0. The van der Waals surface area contributed by atoms with Crippen molar-refractivity contribution in [2.24, 2.45) is 0 Å². The van der Waals surface area contributed by atoms with Gasteiger partial charge in [0.2, 0.25) is 15.9 Å². The maximum absolute atomic E-state index is 12.5. The van der Waals surface area contributed by atoms with E-state index in [9.17, 15) is 13.2 Å². The van der Waals surface area contributed by atoms with Gasteiger partial charge in [-0.2, -0.15) is 4.31 Å². The summed E-state index contributed by atoms with van der Waals surface area (Å²) in [6.07, 6.45) is 4.83. The lowest BCUT2D eigenvalue weighted by Gasteiger charge is -2.15. The molecule has 2 heterocycles. The number of amides is 1. The van der Waals surface area contributed by atoms with Crippen LogP contribution in [-0.4, -0.2) is 31.7 Å². The molecule has 0 bridgehead atoms. The normalized spacial score (nSPS) is 15.6. The van der Waals surface area contributed by atoms with Gasteiger partial charge in [0.15, 0.2) is 0 Å². The molecule has 0 saturated carbocycles. The second-order valence-corrected chi connectivity index (χ2v) is 8.19. The molecular weight excluding hydrogens is 352 g/mol. The van der Waals surface area contributed by atoms with Gasteiger partial charge in [0.25, 0.3) is 0 Å². The van der Waals surface area contributed by atoms with Crippen LogP contribution in [0.1, 0.15) is 29.9 Å². The number of hydrogen-bond donors (Lipinski definition) is 1. The van der Waals surface area contributed by atoms with E-state index in [1.165, 1.54) is 10.4 Å². The van der Waals surface area contributed by atoms with E-state index in [4.69, 9.17) is 4.42 Å². The second-order valence-electron chi connectivity index (χ2n) is 6.25. The Balaban J connectivity index is 1.56. The number of aryl methyl sites for hydroxylation is 1. The topological polar surface area (TPSA) is 79.6 Å². The summed E-state index contributed by atoms with van der Waals surface area (Å²) in [5.41, 5.74) is 0.834. The highest BCUT2D eigenvalue weighted by Gasteiger charge is 2.26. The van der Waals surface area contributed by atoms with Crippen LogP contribution in [0.25, 0.3) is 6.08 Å². The van der Waals surface area contributed by atoms with Crippen molar-refractivity contribution >= 4 is 22.0 Å². The van der Waals surface area contributed by atoms with Crippen LogP contribution in [0.5, 0.6) is 0 Å². The molecule has 3 rings (SSSR count). The Hall–Kier alpha value is -2.38. The molecule has 1 aliphatic heterocycles. The fourth-order valence-corrected chi connectivity index (χ4v) is 4.32. The number of benzene rings is 1. The van der Waals surface area contributed by atoms with E-state index in [0.29, 0.717) is 30.3 Å². The highest BCUT2D eigenvalue weighted by molar-refractivity contribution is 7.89. The van der Waals surface area contributed by atoms with E-state index >= 15 is 0 Å². The molecule has 0 atom stereocenters. The van der Waals surface area contributed by atoms with Crippen molar-refractivity contribution in [3.05, 3.63) is 59.6 Å². The molecule has 2 aromatic rings. The van der Waals surface area contributed by atoms with E-state index < -0.39 is 10.0 Å². The van der Waals surface area contributed by atoms with Crippen molar-refractivity contribution in [3.63, 3.8) is 0 Å². The van der Waals surface area contributed by atoms with Crippen molar-refractivity contribution in [3.8, 4) is 0 Å². The third-order valence-corrected chi connectivity index (χ3v) is 6.17. The van der Waals surface area contributed by atoms with E-state index in [0.717, 1.165) is 24.2 Å². The van der Waals surface area contributed by atoms with E-state index in [-0.39, 0.29) is 5.91 Å². The fraction of sp³-hybridized carbons (Fsp3) is 0.316. The zero-order valence-electron chi connectivity index (χ0n) is 14.6. The number of furan rings is 1. The molecule has 26 heavy (non-hydrogen) atoms. The fourth-order valence-electron chi connectivity index (χ4n) is 2.81. The van der Waals surface area contributed by atoms with Gasteiger partial charge < -0.3 is 9.73 Å². The molecule has 1 amide bonds. The Labute approximate surface area is 153 Å². The summed E-state index contributed by atoms with van der Waals surface area (Å²) in [5, 5.41) is 2.76. The van der Waals surface area contributed by atoms with Crippen molar-refractivity contribution < 1.29 is 17.6 Å². The molecule has 0 unspecified atom stereocenters. The molecule has 0 aliphatic carbocycles. The van der Waals surface area contributed by atoms with Gasteiger partial charge in [0, 0.05) is 25.7 Å². The second kappa shape index (κ2) is 7.88. The number of nitrogens with one attached hydrogen (secondary N) is 1. The molecule has 1 aromatic heterocycles. The number of carbonyl (C=O) groups excluding carboxylic acids is 1. The van der Waals surface area contributed by atoms with Gasteiger partial charge in [0.1, 0.15) is 11.5 Å². The van der Waals surface area contributed by atoms with Crippen LogP contribution >= 0.6 is 0 Å². The minimum atomic E-state index is -3.40. The molecule has 138 valence electrons. The first kappa shape index (κ1) is 18.4. The van der Waals surface area contributed by atoms with Crippen LogP contribution in [0, 0.1) is 6.92 Å². The third kappa shape index (κ3) is 4.42. The quantitative estimate of drug-likeness (QED) is 0.789. The van der Waals surface area contributed by atoms with Crippen LogP contribution in [0.2, 0.25) is 0 Å². The number of sulfonamides is 1. The van der Waals surface area contributed by atoms with Crippen LogP contribution in [0.3, 0.4) is 0 Å². The Kier molecular flexibility index (Phi) is 5.58. The Bertz CT molecular complexity index is 892. The van der Waals surface area contributed by atoms with E-state index in [1.807, 2.05) is 13.0 Å². The largest absolute Gasteiger partial charge is 0.462 e. The van der Waals surface area contributed by atoms with Crippen molar-refractivity contribution in [2.75, 3.05) is 13.1 Å². The maximum atomic E-state index is 12.5. The molecule has 1 fully saturated rings. The maximum Gasteiger partial charge on any atom is 0.244 e. The molecule has 1 aromatic carbocycles. The molecule has 1 saturated heterocycles. The molecule has 0 spiro atoms. The molecule has 1 aliphatic rings.